The fourth-order valence-electron chi connectivity index (χ4n) is 1.80. The Hall–Kier alpha value is -1.90. The van der Waals surface area contributed by atoms with Gasteiger partial charge >= 0.3 is 0 Å². The van der Waals surface area contributed by atoms with Gasteiger partial charge in [0.25, 0.3) is 5.56 Å². The predicted octanol–water partition coefficient (Wildman–Crippen LogP) is 2.31. The molecule has 0 amide bonds. The molecule has 1 aromatic heterocycles. The van der Waals surface area contributed by atoms with E-state index < -0.39 is 0 Å². The van der Waals surface area contributed by atoms with Crippen molar-refractivity contribution in [2.24, 2.45) is 0 Å². The van der Waals surface area contributed by atoms with Gasteiger partial charge in [-0.15, -0.1) is 0 Å². The molecule has 2 aromatic rings. The van der Waals surface area contributed by atoms with Crippen molar-refractivity contribution < 1.29 is 0 Å². The van der Waals surface area contributed by atoms with Crippen molar-refractivity contribution >= 4 is 0 Å². The number of H-pyrrole nitrogens is 1. The summed E-state index contributed by atoms with van der Waals surface area (Å²) >= 11 is 0. The largest absolute Gasteiger partial charge is 0.307 e. The van der Waals surface area contributed by atoms with E-state index in [-0.39, 0.29) is 5.56 Å². The molecule has 3 nitrogen and oxygen atoms in total. The highest BCUT2D eigenvalue weighted by Crippen LogP contribution is 2.38. The summed E-state index contributed by atoms with van der Waals surface area (Å²) in [6.45, 7) is 0. The van der Waals surface area contributed by atoms with Crippen molar-refractivity contribution in [1.29, 1.82) is 0 Å². The van der Waals surface area contributed by atoms with Gasteiger partial charge in [0.15, 0.2) is 0 Å². The minimum Gasteiger partial charge on any atom is -0.307 e. The van der Waals surface area contributed by atoms with Crippen LogP contribution in [0.5, 0.6) is 0 Å². The van der Waals surface area contributed by atoms with E-state index in [9.17, 15) is 4.79 Å². The highest BCUT2D eigenvalue weighted by Gasteiger charge is 2.25. The van der Waals surface area contributed by atoms with Crippen molar-refractivity contribution in [2.45, 2.75) is 18.8 Å². The van der Waals surface area contributed by atoms with Crippen LogP contribution in [0.15, 0.2) is 41.2 Å². The minimum atomic E-state index is -0.0595. The molecular formula is C13H12N2O. The number of aromatic nitrogens is 2. The number of nitrogens with one attached hydrogen (secondary N) is 1. The first-order chi connectivity index (χ1) is 7.83. The molecule has 1 N–H and O–H groups in total. The van der Waals surface area contributed by atoms with Crippen LogP contribution >= 0.6 is 0 Å². The molecule has 3 rings (SSSR count). The number of hydrogen-bond donors (Lipinski definition) is 1. The molecule has 0 bridgehead atoms. The van der Waals surface area contributed by atoms with E-state index >= 15 is 0 Å². The fourth-order valence-corrected chi connectivity index (χ4v) is 1.80. The molecule has 3 heteroatoms. The standard InChI is InChI=1S/C13H12N2O/c16-12-8-11(9-6-7-9)14-13(15-12)10-4-2-1-3-5-10/h1-5,8-9H,6-7H2,(H,14,15,16). The molecule has 0 spiro atoms. The third-order valence-corrected chi connectivity index (χ3v) is 2.80. The Balaban J connectivity index is 2.10. The second-order valence-electron chi connectivity index (χ2n) is 4.16. The maximum Gasteiger partial charge on any atom is 0.251 e. The highest BCUT2D eigenvalue weighted by molar-refractivity contribution is 5.54. The van der Waals surface area contributed by atoms with E-state index in [4.69, 9.17) is 0 Å². The van der Waals surface area contributed by atoms with E-state index in [2.05, 4.69) is 9.97 Å². The summed E-state index contributed by atoms with van der Waals surface area (Å²) in [5, 5.41) is 0. The van der Waals surface area contributed by atoms with Gasteiger partial charge in [0.05, 0.1) is 5.69 Å². The van der Waals surface area contributed by atoms with Crippen LogP contribution in [-0.4, -0.2) is 9.97 Å². The van der Waals surface area contributed by atoms with Crippen LogP contribution < -0.4 is 5.56 Å². The molecule has 1 fully saturated rings. The normalized spacial score (nSPS) is 15.0. The average molecular weight is 212 g/mol. The summed E-state index contributed by atoms with van der Waals surface area (Å²) < 4.78 is 0. The zero-order valence-corrected chi connectivity index (χ0v) is 8.81. The van der Waals surface area contributed by atoms with Gasteiger partial charge in [-0.1, -0.05) is 30.3 Å². The molecule has 1 aliphatic carbocycles. The van der Waals surface area contributed by atoms with Crippen LogP contribution in [0.2, 0.25) is 0 Å². The number of benzene rings is 1. The highest BCUT2D eigenvalue weighted by atomic mass is 16.1. The first-order valence-electron chi connectivity index (χ1n) is 5.49. The molecule has 0 radical (unpaired) electrons. The van der Waals surface area contributed by atoms with Crippen LogP contribution in [0.3, 0.4) is 0 Å². The van der Waals surface area contributed by atoms with Gasteiger partial charge in [-0.05, 0) is 12.8 Å². The number of aromatic amines is 1. The molecule has 1 aliphatic rings. The monoisotopic (exact) mass is 212 g/mol. The molecule has 16 heavy (non-hydrogen) atoms. The lowest BCUT2D eigenvalue weighted by atomic mass is 10.2. The van der Waals surface area contributed by atoms with Gasteiger partial charge in [0, 0.05) is 17.5 Å². The average Bonchev–Trinajstić information content (AvgIpc) is 3.13. The zero-order chi connectivity index (χ0) is 11.0. The summed E-state index contributed by atoms with van der Waals surface area (Å²) in [4.78, 5) is 18.8. The second kappa shape index (κ2) is 3.59. The van der Waals surface area contributed by atoms with Crippen molar-refractivity contribution in [3.05, 3.63) is 52.4 Å². The van der Waals surface area contributed by atoms with Crippen LogP contribution in [0, 0.1) is 0 Å². The molecular weight excluding hydrogens is 200 g/mol. The van der Waals surface area contributed by atoms with E-state index in [0.29, 0.717) is 11.7 Å². The van der Waals surface area contributed by atoms with Gasteiger partial charge in [0.1, 0.15) is 5.82 Å². The quantitative estimate of drug-likeness (QED) is 0.830. The summed E-state index contributed by atoms with van der Waals surface area (Å²) in [5.74, 6) is 1.18. The first kappa shape index (κ1) is 9.33. The summed E-state index contributed by atoms with van der Waals surface area (Å²) in [6.07, 6.45) is 2.31. The Labute approximate surface area is 93.2 Å². The summed E-state index contributed by atoms with van der Waals surface area (Å²) in [5.41, 5.74) is 1.83. The molecule has 0 unspecified atom stereocenters. The van der Waals surface area contributed by atoms with Gasteiger partial charge in [-0.2, -0.15) is 0 Å². The zero-order valence-electron chi connectivity index (χ0n) is 8.81. The maximum atomic E-state index is 11.5. The van der Waals surface area contributed by atoms with Crippen molar-refractivity contribution in [1.82, 2.24) is 9.97 Å². The summed E-state index contributed by atoms with van der Waals surface area (Å²) in [7, 11) is 0. The third-order valence-electron chi connectivity index (χ3n) is 2.80. The molecule has 1 saturated carbocycles. The Kier molecular flexibility index (Phi) is 2.10. The van der Waals surface area contributed by atoms with Gasteiger partial charge in [0.2, 0.25) is 0 Å². The molecule has 0 atom stereocenters. The van der Waals surface area contributed by atoms with E-state index in [1.54, 1.807) is 6.07 Å². The lowest BCUT2D eigenvalue weighted by molar-refractivity contribution is 0.977. The first-order valence-corrected chi connectivity index (χ1v) is 5.49. The lowest BCUT2D eigenvalue weighted by Gasteiger charge is -2.02. The third kappa shape index (κ3) is 1.76. The summed E-state index contributed by atoms with van der Waals surface area (Å²) in [6, 6.07) is 11.4. The van der Waals surface area contributed by atoms with E-state index in [0.717, 1.165) is 24.1 Å². The molecule has 1 aromatic carbocycles. The Morgan fingerprint density at radius 3 is 2.62 bits per heavy atom. The number of rotatable bonds is 2. The molecule has 80 valence electrons. The SMILES string of the molecule is O=c1cc(C2CC2)nc(-c2ccccc2)[nH]1. The van der Waals surface area contributed by atoms with Crippen molar-refractivity contribution in [3.8, 4) is 11.4 Å². The number of nitrogens with zero attached hydrogens (tertiary/aromatic N) is 1. The Morgan fingerprint density at radius 1 is 1.19 bits per heavy atom. The van der Waals surface area contributed by atoms with Crippen molar-refractivity contribution in [3.63, 3.8) is 0 Å². The van der Waals surface area contributed by atoms with Crippen LogP contribution in [-0.2, 0) is 0 Å². The number of hydrogen-bond acceptors (Lipinski definition) is 2. The topological polar surface area (TPSA) is 45.8 Å². The molecule has 1 heterocycles. The molecule has 0 aliphatic heterocycles. The van der Waals surface area contributed by atoms with Crippen molar-refractivity contribution in [2.75, 3.05) is 0 Å². The van der Waals surface area contributed by atoms with Crippen LogP contribution in [0.4, 0.5) is 0 Å². The smallest absolute Gasteiger partial charge is 0.251 e. The predicted molar refractivity (Wildman–Crippen MR) is 62.3 cm³/mol. The lowest BCUT2D eigenvalue weighted by Crippen LogP contribution is -2.09. The van der Waals surface area contributed by atoms with E-state index in [1.165, 1.54) is 0 Å². The minimum absolute atomic E-state index is 0.0595. The Bertz CT molecular complexity index is 556. The maximum absolute atomic E-state index is 11.5. The van der Waals surface area contributed by atoms with Gasteiger partial charge < -0.3 is 4.98 Å². The second-order valence-corrected chi connectivity index (χ2v) is 4.16. The van der Waals surface area contributed by atoms with Crippen LogP contribution in [0.25, 0.3) is 11.4 Å². The van der Waals surface area contributed by atoms with Gasteiger partial charge in [-0.3, -0.25) is 4.79 Å². The van der Waals surface area contributed by atoms with Gasteiger partial charge in [-0.25, -0.2) is 4.98 Å². The van der Waals surface area contributed by atoms with E-state index in [1.807, 2.05) is 30.3 Å². The molecule has 0 saturated heterocycles. The van der Waals surface area contributed by atoms with Crippen LogP contribution in [0.1, 0.15) is 24.5 Å². The Morgan fingerprint density at radius 2 is 1.94 bits per heavy atom. The fraction of sp³-hybridized carbons (Fsp3) is 0.231.